The van der Waals surface area contributed by atoms with Crippen molar-refractivity contribution in [3.63, 3.8) is 0 Å². The first-order valence-electron chi connectivity index (χ1n) is 3.74. The van der Waals surface area contributed by atoms with Crippen LogP contribution in [0, 0.1) is 0 Å². The van der Waals surface area contributed by atoms with Crippen molar-refractivity contribution in [3.8, 4) is 0 Å². The number of para-hydroxylation sites is 2. The maximum absolute atomic E-state index is 3.11. The number of benzene rings is 1. The van der Waals surface area contributed by atoms with Crippen LogP contribution in [0.25, 0.3) is 0 Å². The van der Waals surface area contributed by atoms with E-state index in [1.807, 2.05) is 38.1 Å². The summed E-state index contributed by atoms with van der Waals surface area (Å²) in [6.07, 6.45) is 0. The molecule has 0 spiro atoms. The molecule has 1 aliphatic heterocycles. The van der Waals surface area contributed by atoms with Crippen LogP contribution < -0.4 is 9.44 Å². The highest BCUT2D eigenvalue weighted by atomic mass is 32.2. The van der Waals surface area contributed by atoms with Crippen molar-refractivity contribution in [1.82, 2.24) is 0 Å². The number of hydrogen-bond donors (Lipinski definition) is 2. The molecule has 11 heavy (non-hydrogen) atoms. The molecule has 3 heteroatoms. The molecule has 0 aromatic heterocycles. The van der Waals surface area contributed by atoms with Crippen molar-refractivity contribution in [1.29, 1.82) is 0 Å². The van der Waals surface area contributed by atoms with Gasteiger partial charge in [-0.1, -0.05) is 26.0 Å². The lowest BCUT2D eigenvalue weighted by Crippen LogP contribution is -1.74. The second-order valence-electron chi connectivity index (χ2n) is 1.85. The Bertz CT molecular complexity index is 202. The first-order valence-corrected chi connectivity index (χ1v) is 4.55. The molecule has 0 unspecified atom stereocenters. The van der Waals surface area contributed by atoms with Gasteiger partial charge in [0.25, 0.3) is 0 Å². The van der Waals surface area contributed by atoms with Crippen LogP contribution in [-0.2, 0) is 0 Å². The van der Waals surface area contributed by atoms with Gasteiger partial charge in [0.2, 0.25) is 0 Å². The van der Waals surface area contributed by atoms with E-state index in [4.69, 9.17) is 0 Å². The van der Waals surface area contributed by atoms with Crippen molar-refractivity contribution in [3.05, 3.63) is 24.3 Å². The minimum absolute atomic E-state index is 1.17. The highest BCUT2D eigenvalue weighted by molar-refractivity contribution is 8.02. The second kappa shape index (κ2) is 4.13. The molecule has 2 N–H and O–H groups in total. The molecule has 1 aliphatic rings. The summed E-state index contributed by atoms with van der Waals surface area (Å²) in [6, 6.07) is 8.11. The molecule has 0 radical (unpaired) electrons. The lowest BCUT2D eigenvalue weighted by Gasteiger charge is -1.91. The van der Waals surface area contributed by atoms with Gasteiger partial charge in [-0.25, -0.2) is 0 Å². The smallest absolute Gasteiger partial charge is 0.0697 e. The predicted octanol–water partition coefficient (Wildman–Crippen LogP) is 3.11. The van der Waals surface area contributed by atoms with E-state index in [2.05, 4.69) is 9.44 Å². The lowest BCUT2D eigenvalue weighted by atomic mass is 10.3. The summed E-state index contributed by atoms with van der Waals surface area (Å²) in [5.41, 5.74) is 2.34. The summed E-state index contributed by atoms with van der Waals surface area (Å²) in [4.78, 5) is 0. The van der Waals surface area contributed by atoms with Gasteiger partial charge >= 0.3 is 0 Å². The largest absolute Gasteiger partial charge is 0.310 e. The van der Waals surface area contributed by atoms with Crippen LogP contribution in [-0.4, -0.2) is 0 Å². The van der Waals surface area contributed by atoms with Crippen LogP contribution in [0.2, 0.25) is 0 Å². The molecule has 0 saturated carbocycles. The quantitative estimate of drug-likeness (QED) is 0.582. The standard InChI is InChI=1S/C6H6N2S.C2H6/c1-2-4-6-5(3-1)7-9-8-6;1-2/h1-4,7-8H;1-2H3. The lowest BCUT2D eigenvalue weighted by molar-refractivity contribution is 1.50. The molecule has 0 atom stereocenters. The van der Waals surface area contributed by atoms with Gasteiger partial charge in [-0.3, -0.25) is 0 Å². The minimum atomic E-state index is 1.17. The van der Waals surface area contributed by atoms with E-state index < -0.39 is 0 Å². The normalized spacial score (nSPS) is 11.8. The fourth-order valence-electron chi connectivity index (χ4n) is 0.797. The van der Waals surface area contributed by atoms with E-state index in [1.54, 1.807) is 0 Å². The Kier molecular flexibility index (Phi) is 3.11. The third-order valence-electron chi connectivity index (χ3n) is 1.25. The summed E-state index contributed by atoms with van der Waals surface area (Å²) in [5.74, 6) is 0. The Hall–Kier alpha value is -0.830. The molecule has 1 aromatic carbocycles. The Morgan fingerprint density at radius 2 is 1.45 bits per heavy atom. The topological polar surface area (TPSA) is 24.1 Å². The van der Waals surface area contributed by atoms with Gasteiger partial charge in [0.1, 0.15) is 0 Å². The van der Waals surface area contributed by atoms with E-state index >= 15 is 0 Å². The average molecular weight is 168 g/mol. The van der Waals surface area contributed by atoms with E-state index in [-0.39, 0.29) is 0 Å². The van der Waals surface area contributed by atoms with Crippen molar-refractivity contribution in [2.24, 2.45) is 0 Å². The zero-order valence-electron chi connectivity index (χ0n) is 6.72. The van der Waals surface area contributed by atoms with Crippen LogP contribution in [0.3, 0.4) is 0 Å². The number of rotatable bonds is 0. The molecule has 60 valence electrons. The zero-order chi connectivity index (χ0) is 8.10. The Morgan fingerprint density at radius 3 is 1.91 bits per heavy atom. The Morgan fingerprint density at radius 1 is 1.00 bits per heavy atom. The van der Waals surface area contributed by atoms with E-state index in [9.17, 15) is 0 Å². The Balaban J connectivity index is 0.000000281. The fourth-order valence-corrected chi connectivity index (χ4v) is 1.42. The molecule has 2 rings (SSSR count). The van der Waals surface area contributed by atoms with Gasteiger partial charge in [0.15, 0.2) is 0 Å². The summed E-state index contributed by atoms with van der Waals surface area (Å²) >= 11 is 1.50. The minimum Gasteiger partial charge on any atom is -0.310 e. The monoisotopic (exact) mass is 168 g/mol. The summed E-state index contributed by atoms with van der Waals surface area (Å²) < 4.78 is 6.21. The molecule has 1 aromatic rings. The van der Waals surface area contributed by atoms with E-state index in [1.165, 1.54) is 23.5 Å². The van der Waals surface area contributed by atoms with Crippen LogP contribution in [0.1, 0.15) is 13.8 Å². The van der Waals surface area contributed by atoms with Crippen LogP contribution in [0.5, 0.6) is 0 Å². The predicted molar refractivity (Wildman–Crippen MR) is 52.6 cm³/mol. The fraction of sp³-hybridized carbons (Fsp3) is 0.250. The molecule has 0 amide bonds. The highest BCUT2D eigenvalue weighted by Gasteiger charge is 2.05. The Labute approximate surface area is 71.7 Å². The first-order chi connectivity index (χ1) is 5.47. The number of nitrogens with one attached hydrogen (secondary N) is 2. The summed E-state index contributed by atoms with van der Waals surface area (Å²) in [5, 5.41) is 0. The van der Waals surface area contributed by atoms with Gasteiger partial charge < -0.3 is 9.44 Å². The third-order valence-corrected chi connectivity index (χ3v) is 1.89. The molecule has 2 nitrogen and oxygen atoms in total. The van der Waals surface area contributed by atoms with Crippen LogP contribution in [0.4, 0.5) is 11.4 Å². The molecule has 1 heterocycles. The number of fused-ring (bicyclic) bond motifs is 1. The maximum atomic E-state index is 3.11. The first kappa shape index (κ1) is 8.27. The van der Waals surface area contributed by atoms with Crippen molar-refractivity contribution >= 4 is 23.5 Å². The molecule has 0 aliphatic carbocycles. The van der Waals surface area contributed by atoms with Crippen molar-refractivity contribution in [2.75, 3.05) is 9.44 Å². The zero-order valence-corrected chi connectivity index (χ0v) is 7.53. The van der Waals surface area contributed by atoms with Gasteiger partial charge in [0, 0.05) is 0 Å². The number of hydrogen-bond acceptors (Lipinski definition) is 3. The van der Waals surface area contributed by atoms with Crippen LogP contribution in [0.15, 0.2) is 24.3 Å². The second-order valence-corrected chi connectivity index (χ2v) is 2.46. The number of anilines is 2. The van der Waals surface area contributed by atoms with Crippen LogP contribution >= 0.6 is 12.1 Å². The molecule has 0 saturated heterocycles. The van der Waals surface area contributed by atoms with E-state index in [0.29, 0.717) is 0 Å². The highest BCUT2D eigenvalue weighted by Crippen LogP contribution is 2.31. The molecular weight excluding hydrogens is 156 g/mol. The average Bonchev–Trinajstić information content (AvgIpc) is 2.55. The van der Waals surface area contributed by atoms with E-state index in [0.717, 1.165) is 0 Å². The van der Waals surface area contributed by atoms with Gasteiger partial charge in [-0.15, -0.1) is 0 Å². The maximum Gasteiger partial charge on any atom is 0.0697 e. The molecule has 0 fully saturated rings. The van der Waals surface area contributed by atoms with Crippen molar-refractivity contribution in [2.45, 2.75) is 13.8 Å². The summed E-state index contributed by atoms with van der Waals surface area (Å²) in [7, 11) is 0. The van der Waals surface area contributed by atoms with Gasteiger partial charge in [-0.05, 0) is 12.1 Å². The molecular formula is C8H12N2S. The third kappa shape index (κ3) is 1.80. The van der Waals surface area contributed by atoms with Crippen molar-refractivity contribution < 1.29 is 0 Å². The van der Waals surface area contributed by atoms with Gasteiger partial charge in [0.05, 0.1) is 23.5 Å². The summed E-state index contributed by atoms with van der Waals surface area (Å²) in [6.45, 7) is 4.00. The SMILES string of the molecule is CC.c1ccc2c(c1)NSN2. The van der Waals surface area contributed by atoms with Gasteiger partial charge in [-0.2, -0.15) is 0 Å². The molecule has 0 bridgehead atoms.